The van der Waals surface area contributed by atoms with Crippen molar-refractivity contribution < 1.29 is 0 Å². The van der Waals surface area contributed by atoms with Crippen molar-refractivity contribution in [3.05, 3.63) is 36.1 Å². The second kappa shape index (κ2) is 2.58. The molecule has 1 aliphatic rings. The SMILES string of the molecule is C1=CC=Nc2[nH]ccc2C=C1. The Kier molecular flexibility index (Phi) is 1.44. The van der Waals surface area contributed by atoms with Crippen LogP contribution in [0, 0.1) is 0 Å². The maximum atomic E-state index is 4.19. The zero-order valence-electron chi connectivity index (χ0n) is 5.99. The molecule has 1 aliphatic heterocycles. The molecule has 0 saturated carbocycles. The minimum atomic E-state index is 0.922. The number of H-pyrrole nitrogens is 1. The number of aromatic nitrogens is 1. The first-order valence-electron chi connectivity index (χ1n) is 3.51. The van der Waals surface area contributed by atoms with Gasteiger partial charge in [0.1, 0.15) is 5.82 Å². The normalized spacial score (nSPS) is 14.2. The van der Waals surface area contributed by atoms with Crippen LogP contribution in [0.25, 0.3) is 6.08 Å². The molecule has 0 aromatic carbocycles. The van der Waals surface area contributed by atoms with Gasteiger partial charge in [-0.05, 0) is 12.1 Å². The molecule has 0 fully saturated rings. The molecule has 11 heavy (non-hydrogen) atoms. The third-order valence-electron chi connectivity index (χ3n) is 1.54. The van der Waals surface area contributed by atoms with Crippen LogP contribution in [-0.4, -0.2) is 11.2 Å². The molecule has 2 rings (SSSR count). The van der Waals surface area contributed by atoms with Gasteiger partial charge in [0.25, 0.3) is 0 Å². The number of nitrogens with zero attached hydrogens (tertiary/aromatic N) is 1. The van der Waals surface area contributed by atoms with E-state index in [-0.39, 0.29) is 0 Å². The van der Waals surface area contributed by atoms with Crippen molar-refractivity contribution in [2.45, 2.75) is 0 Å². The highest BCUT2D eigenvalue weighted by atomic mass is 14.9. The summed E-state index contributed by atoms with van der Waals surface area (Å²) >= 11 is 0. The molecule has 0 bridgehead atoms. The van der Waals surface area contributed by atoms with Crippen LogP contribution < -0.4 is 0 Å². The minimum absolute atomic E-state index is 0.922. The molecule has 0 amide bonds. The van der Waals surface area contributed by atoms with E-state index in [9.17, 15) is 0 Å². The predicted octanol–water partition coefficient (Wildman–Crippen LogP) is 2.30. The minimum Gasteiger partial charge on any atom is -0.346 e. The first kappa shape index (κ1) is 6.16. The summed E-state index contributed by atoms with van der Waals surface area (Å²) in [5.74, 6) is 0.922. The van der Waals surface area contributed by atoms with Gasteiger partial charge in [0.2, 0.25) is 0 Å². The highest BCUT2D eigenvalue weighted by Crippen LogP contribution is 2.18. The number of aliphatic imine (C=N–C) groups is 1. The molecule has 0 atom stereocenters. The van der Waals surface area contributed by atoms with Gasteiger partial charge in [-0.25, -0.2) is 4.99 Å². The molecule has 54 valence electrons. The van der Waals surface area contributed by atoms with Gasteiger partial charge in [0, 0.05) is 18.0 Å². The summed E-state index contributed by atoms with van der Waals surface area (Å²) < 4.78 is 0. The van der Waals surface area contributed by atoms with E-state index in [1.165, 1.54) is 0 Å². The number of fused-ring (bicyclic) bond motifs is 1. The van der Waals surface area contributed by atoms with Crippen LogP contribution in [0.1, 0.15) is 5.56 Å². The fraction of sp³-hybridized carbons (Fsp3) is 0. The van der Waals surface area contributed by atoms with Crippen molar-refractivity contribution in [2.24, 2.45) is 4.99 Å². The third kappa shape index (κ3) is 1.15. The van der Waals surface area contributed by atoms with Crippen molar-refractivity contribution in [2.75, 3.05) is 0 Å². The number of hydrogen-bond acceptors (Lipinski definition) is 1. The van der Waals surface area contributed by atoms with Gasteiger partial charge in [-0.15, -0.1) is 0 Å². The van der Waals surface area contributed by atoms with Gasteiger partial charge in [0.05, 0.1) is 0 Å². The van der Waals surface area contributed by atoms with Crippen molar-refractivity contribution in [1.82, 2.24) is 4.98 Å². The van der Waals surface area contributed by atoms with E-state index in [4.69, 9.17) is 0 Å². The Morgan fingerprint density at radius 3 is 3.18 bits per heavy atom. The van der Waals surface area contributed by atoms with Gasteiger partial charge < -0.3 is 4.98 Å². The first-order chi connectivity index (χ1) is 5.47. The van der Waals surface area contributed by atoms with Crippen LogP contribution in [0.4, 0.5) is 5.82 Å². The number of aromatic amines is 1. The molecule has 2 heterocycles. The van der Waals surface area contributed by atoms with Gasteiger partial charge in [-0.2, -0.15) is 0 Å². The van der Waals surface area contributed by atoms with Crippen molar-refractivity contribution in [1.29, 1.82) is 0 Å². The molecule has 2 heteroatoms. The van der Waals surface area contributed by atoms with Crippen LogP contribution in [0.3, 0.4) is 0 Å². The summed E-state index contributed by atoms with van der Waals surface area (Å²) in [6.07, 6.45) is 11.5. The average Bonchev–Trinajstić information content (AvgIpc) is 2.35. The Hall–Kier alpha value is -1.57. The zero-order chi connectivity index (χ0) is 7.52. The smallest absolute Gasteiger partial charge is 0.137 e. The maximum absolute atomic E-state index is 4.19. The van der Waals surface area contributed by atoms with Gasteiger partial charge >= 0.3 is 0 Å². The van der Waals surface area contributed by atoms with Crippen LogP contribution in [0.5, 0.6) is 0 Å². The van der Waals surface area contributed by atoms with Crippen molar-refractivity contribution >= 4 is 18.1 Å². The molecule has 0 unspecified atom stereocenters. The van der Waals surface area contributed by atoms with Crippen LogP contribution in [0.2, 0.25) is 0 Å². The average molecular weight is 144 g/mol. The van der Waals surface area contributed by atoms with Crippen LogP contribution in [0.15, 0.2) is 35.5 Å². The largest absolute Gasteiger partial charge is 0.346 e. The fourth-order valence-electron chi connectivity index (χ4n) is 1.01. The highest BCUT2D eigenvalue weighted by Gasteiger charge is 1.96. The summed E-state index contributed by atoms with van der Waals surface area (Å²) in [5, 5.41) is 0. The molecular formula is C9H8N2. The quantitative estimate of drug-likeness (QED) is 0.578. The molecule has 0 aliphatic carbocycles. The lowest BCUT2D eigenvalue weighted by Gasteiger charge is -1.91. The number of nitrogens with one attached hydrogen (secondary N) is 1. The lowest BCUT2D eigenvalue weighted by Crippen LogP contribution is -1.72. The maximum Gasteiger partial charge on any atom is 0.137 e. The summed E-state index contributed by atoms with van der Waals surface area (Å²) in [6.45, 7) is 0. The van der Waals surface area contributed by atoms with Crippen LogP contribution in [-0.2, 0) is 0 Å². The number of rotatable bonds is 0. The lowest BCUT2D eigenvalue weighted by molar-refractivity contribution is 1.34. The van der Waals surface area contributed by atoms with E-state index >= 15 is 0 Å². The standard InChI is InChI=1S/C9H8N2/c1-2-4-8-5-7-11-9(8)10-6-3-1/h1-7H,(H,10,11). The van der Waals surface area contributed by atoms with Gasteiger partial charge in [0.15, 0.2) is 0 Å². The summed E-state index contributed by atoms with van der Waals surface area (Å²) in [6, 6.07) is 2.00. The number of allylic oxidation sites excluding steroid dienone is 3. The van der Waals surface area contributed by atoms with E-state index in [2.05, 4.69) is 9.98 Å². The highest BCUT2D eigenvalue weighted by molar-refractivity contribution is 5.78. The van der Waals surface area contributed by atoms with E-state index in [1.54, 1.807) is 6.21 Å². The summed E-state index contributed by atoms with van der Waals surface area (Å²) in [4.78, 5) is 7.23. The molecule has 0 saturated heterocycles. The Labute approximate surface area is 65.0 Å². The second-order valence-corrected chi connectivity index (χ2v) is 2.30. The fourth-order valence-corrected chi connectivity index (χ4v) is 1.01. The molecule has 1 N–H and O–H groups in total. The second-order valence-electron chi connectivity index (χ2n) is 2.30. The van der Waals surface area contributed by atoms with Gasteiger partial charge in [-0.3, -0.25) is 0 Å². The van der Waals surface area contributed by atoms with Gasteiger partial charge in [-0.1, -0.05) is 18.2 Å². The first-order valence-corrected chi connectivity index (χ1v) is 3.51. The molecular weight excluding hydrogens is 136 g/mol. The van der Waals surface area contributed by atoms with Crippen molar-refractivity contribution in [3.63, 3.8) is 0 Å². The Morgan fingerprint density at radius 1 is 1.18 bits per heavy atom. The third-order valence-corrected chi connectivity index (χ3v) is 1.54. The van der Waals surface area contributed by atoms with E-state index in [1.807, 2.05) is 36.6 Å². The van der Waals surface area contributed by atoms with Crippen molar-refractivity contribution in [3.8, 4) is 0 Å². The Morgan fingerprint density at radius 2 is 2.18 bits per heavy atom. The monoisotopic (exact) mass is 144 g/mol. The zero-order valence-corrected chi connectivity index (χ0v) is 5.99. The summed E-state index contributed by atoms with van der Waals surface area (Å²) in [7, 11) is 0. The van der Waals surface area contributed by atoms with E-state index < -0.39 is 0 Å². The molecule has 0 spiro atoms. The predicted molar refractivity (Wildman–Crippen MR) is 47.1 cm³/mol. The summed E-state index contributed by atoms with van der Waals surface area (Å²) in [5.41, 5.74) is 1.13. The molecule has 2 nitrogen and oxygen atoms in total. The number of hydrogen-bond donors (Lipinski definition) is 1. The van der Waals surface area contributed by atoms with E-state index in [0.717, 1.165) is 11.4 Å². The van der Waals surface area contributed by atoms with E-state index in [0.29, 0.717) is 0 Å². The topological polar surface area (TPSA) is 28.1 Å². The molecule has 1 aromatic heterocycles. The molecule has 0 radical (unpaired) electrons. The molecule has 1 aromatic rings. The lowest BCUT2D eigenvalue weighted by atomic mass is 10.2. The van der Waals surface area contributed by atoms with Crippen LogP contribution >= 0.6 is 0 Å². The Bertz CT molecular complexity index is 299. The Balaban J connectivity index is 2.52.